The standard InChI is InChI=1S/C20H33NO3/c1-4-11-20(24,12-5-2)13-9-17-7-6-8-18(15-17)19(23)10-14-21-16(3)22/h6-8,15,19,23-24H,4-5,9-14H2,1-3H3,(H,21,22)/t19-/m1/s1. The summed E-state index contributed by atoms with van der Waals surface area (Å²) in [5, 5.41) is 23.7. The van der Waals surface area contributed by atoms with E-state index in [4.69, 9.17) is 0 Å². The van der Waals surface area contributed by atoms with Crippen molar-refractivity contribution in [2.75, 3.05) is 6.54 Å². The SMILES string of the molecule is CCCC(O)(CCC)CCc1cccc([C@H](O)CCNC(C)=O)c1. The van der Waals surface area contributed by atoms with Crippen LogP contribution in [0.3, 0.4) is 0 Å². The molecule has 136 valence electrons. The van der Waals surface area contributed by atoms with E-state index in [1.54, 1.807) is 0 Å². The number of carbonyl (C=O) groups is 1. The summed E-state index contributed by atoms with van der Waals surface area (Å²) < 4.78 is 0. The van der Waals surface area contributed by atoms with Crippen LogP contribution in [0.25, 0.3) is 0 Å². The van der Waals surface area contributed by atoms with E-state index in [1.165, 1.54) is 6.92 Å². The summed E-state index contributed by atoms with van der Waals surface area (Å²) in [6, 6.07) is 7.91. The zero-order valence-corrected chi connectivity index (χ0v) is 15.3. The van der Waals surface area contributed by atoms with Crippen molar-refractivity contribution in [1.29, 1.82) is 0 Å². The van der Waals surface area contributed by atoms with E-state index in [9.17, 15) is 15.0 Å². The number of hydrogen-bond acceptors (Lipinski definition) is 3. The summed E-state index contributed by atoms with van der Waals surface area (Å²) in [4.78, 5) is 10.9. The van der Waals surface area contributed by atoms with Gasteiger partial charge in [-0.1, -0.05) is 51.0 Å². The molecule has 24 heavy (non-hydrogen) atoms. The Kier molecular flexibility index (Phi) is 9.01. The predicted octanol–water partition coefficient (Wildman–Crippen LogP) is 3.51. The lowest BCUT2D eigenvalue weighted by Crippen LogP contribution is -2.29. The first-order valence-electron chi connectivity index (χ1n) is 9.14. The van der Waals surface area contributed by atoms with Crippen molar-refractivity contribution in [3.63, 3.8) is 0 Å². The monoisotopic (exact) mass is 335 g/mol. The molecule has 0 saturated heterocycles. The number of nitrogens with one attached hydrogen (secondary N) is 1. The third-order valence-corrected chi connectivity index (χ3v) is 4.44. The lowest BCUT2D eigenvalue weighted by Gasteiger charge is -2.27. The second-order valence-electron chi connectivity index (χ2n) is 6.76. The Morgan fingerprint density at radius 2 is 1.88 bits per heavy atom. The molecule has 0 aliphatic heterocycles. The molecule has 0 aliphatic rings. The molecule has 0 bridgehead atoms. The minimum atomic E-state index is -0.582. The van der Waals surface area contributed by atoms with Crippen molar-refractivity contribution in [2.24, 2.45) is 0 Å². The number of aliphatic hydroxyl groups excluding tert-OH is 1. The maximum atomic E-state index is 10.9. The highest BCUT2D eigenvalue weighted by Crippen LogP contribution is 2.26. The predicted molar refractivity (Wildman–Crippen MR) is 97.8 cm³/mol. The summed E-state index contributed by atoms with van der Waals surface area (Å²) >= 11 is 0. The van der Waals surface area contributed by atoms with Crippen LogP contribution in [0, 0.1) is 0 Å². The second kappa shape index (κ2) is 10.5. The molecule has 0 aliphatic carbocycles. The molecule has 3 N–H and O–H groups in total. The normalized spacial score (nSPS) is 12.9. The van der Waals surface area contributed by atoms with Crippen molar-refractivity contribution in [3.05, 3.63) is 35.4 Å². The van der Waals surface area contributed by atoms with Crippen LogP contribution >= 0.6 is 0 Å². The van der Waals surface area contributed by atoms with Crippen molar-refractivity contribution in [1.82, 2.24) is 5.32 Å². The first-order chi connectivity index (χ1) is 11.4. The van der Waals surface area contributed by atoms with E-state index in [1.807, 2.05) is 24.3 Å². The van der Waals surface area contributed by atoms with Crippen LogP contribution in [-0.4, -0.2) is 28.3 Å². The van der Waals surface area contributed by atoms with Crippen LogP contribution in [0.4, 0.5) is 0 Å². The summed E-state index contributed by atoms with van der Waals surface area (Å²) in [5.74, 6) is -0.0814. The number of aryl methyl sites for hydroxylation is 1. The zero-order chi connectivity index (χ0) is 18.0. The van der Waals surface area contributed by atoms with Crippen LogP contribution in [0.1, 0.15) is 76.5 Å². The maximum absolute atomic E-state index is 10.9. The van der Waals surface area contributed by atoms with Crippen LogP contribution < -0.4 is 5.32 Å². The lowest BCUT2D eigenvalue weighted by molar-refractivity contribution is -0.119. The van der Waals surface area contributed by atoms with Crippen molar-refractivity contribution < 1.29 is 15.0 Å². The highest BCUT2D eigenvalue weighted by atomic mass is 16.3. The van der Waals surface area contributed by atoms with Crippen molar-refractivity contribution in [3.8, 4) is 0 Å². The highest BCUT2D eigenvalue weighted by Gasteiger charge is 2.24. The first-order valence-corrected chi connectivity index (χ1v) is 9.14. The Hall–Kier alpha value is -1.39. The molecule has 0 spiro atoms. The molecule has 0 saturated carbocycles. The topological polar surface area (TPSA) is 69.6 Å². The molecule has 1 rings (SSSR count). The van der Waals surface area contributed by atoms with Crippen LogP contribution in [0.15, 0.2) is 24.3 Å². The van der Waals surface area contributed by atoms with Gasteiger partial charge in [-0.3, -0.25) is 4.79 Å². The molecule has 4 nitrogen and oxygen atoms in total. The quantitative estimate of drug-likeness (QED) is 0.579. The molecule has 1 atom stereocenters. The molecule has 1 aromatic carbocycles. The van der Waals surface area contributed by atoms with Gasteiger partial charge in [0, 0.05) is 13.5 Å². The van der Waals surface area contributed by atoms with Gasteiger partial charge < -0.3 is 15.5 Å². The summed E-state index contributed by atoms with van der Waals surface area (Å²) in [5.41, 5.74) is 1.42. The third kappa shape index (κ3) is 7.45. The molecule has 0 heterocycles. The van der Waals surface area contributed by atoms with Crippen LogP contribution in [-0.2, 0) is 11.2 Å². The van der Waals surface area contributed by atoms with Gasteiger partial charge >= 0.3 is 0 Å². The first kappa shape index (κ1) is 20.7. The fourth-order valence-corrected chi connectivity index (χ4v) is 3.19. The third-order valence-electron chi connectivity index (χ3n) is 4.44. The molecule has 0 radical (unpaired) electrons. The Bertz CT molecular complexity index is 495. The summed E-state index contributed by atoms with van der Waals surface area (Å²) in [7, 11) is 0. The van der Waals surface area contributed by atoms with E-state index in [0.29, 0.717) is 13.0 Å². The molecular weight excluding hydrogens is 302 g/mol. The van der Waals surface area contributed by atoms with Gasteiger partial charge in [0.15, 0.2) is 0 Å². The number of hydrogen-bond donors (Lipinski definition) is 3. The Labute approximate surface area is 146 Å². The summed E-state index contributed by atoms with van der Waals surface area (Å²) in [6.45, 7) is 6.15. The number of amides is 1. The molecule has 0 aromatic heterocycles. The van der Waals surface area contributed by atoms with E-state index in [2.05, 4.69) is 19.2 Å². The number of aliphatic hydroxyl groups is 2. The zero-order valence-electron chi connectivity index (χ0n) is 15.3. The smallest absolute Gasteiger partial charge is 0.216 e. The largest absolute Gasteiger partial charge is 0.390 e. The van der Waals surface area contributed by atoms with E-state index < -0.39 is 11.7 Å². The van der Waals surface area contributed by atoms with E-state index >= 15 is 0 Å². The highest BCUT2D eigenvalue weighted by molar-refractivity contribution is 5.72. The van der Waals surface area contributed by atoms with Gasteiger partial charge in [0.2, 0.25) is 5.91 Å². The van der Waals surface area contributed by atoms with Gasteiger partial charge in [-0.2, -0.15) is 0 Å². The number of benzene rings is 1. The molecule has 0 fully saturated rings. The number of carbonyl (C=O) groups excluding carboxylic acids is 1. The maximum Gasteiger partial charge on any atom is 0.216 e. The van der Waals surface area contributed by atoms with E-state index in [-0.39, 0.29) is 5.91 Å². The fourth-order valence-electron chi connectivity index (χ4n) is 3.19. The molecule has 0 unspecified atom stereocenters. The fraction of sp³-hybridized carbons (Fsp3) is 0.650. The summed E-state index contributed by atoms with van der Waals surface area (Å²) in [6.07, 6.45) is 5.11. The van der Waals surface area contributed by atoms with Gasteiger partial charge in [-0.15, -0.1) is 0 Å². The lowest BCUT2D eigenvalue weighted by atomic mass is 9.86. The number of rotatable bonds is 11. The minimum absolute atomic E-state index is 0.0814. The Morgan fingerprint density at radius 3 is 2.46 bits per heavy atom. The van der Waals surface area contributed by atoms with Gasteiger partial charge in [-0.25, -0.2) is 0 Å². The van der Waals surface area contributed by atoms with Gasteiger partial charge in [0.05, 0.1) is 11.7 Å². The van der Waals surface area contributed by atoms with Gasteiger partial charge in [0.1, 0.15) is 0 Å². The minimum Gasteiger partial charge on any atom is -0.390 e. The van der Waals surface area contributed by atoms with Gasteiger partial charge in [-0.05, 0) is 43.2 Å². The molecular formula is C20H33NO3. The second-order valence-corrected chi connectivity index (χ2v) is 6.76. The van der Waals surface area contributed by atoms with Crippen molar-refractivity contribution in [2.45, 2.75) is 77.4 Å². The average molecular weight is 335 g/mol. The average Bonchev–Trinajstić information content (AvgIpc) is 2.53. The molecule has 1 amide bonds. The van der Waals surface area contributed by atoms with Crippen LogP contribution in [0.5, 0.6) is 0 Å². The molecule has 4 heteroatoms. The van der Waals surface area contributed by atoms with Crippen molar-refractivity contribution >= 4 is 5.91 Å². The Morgan fingerprint density at radius 1 is 1.21 bits per heavy atom. The van der Waals surface area contributed by atoms with E-state index in [0.717, 1.165) is 49.7 Å². The molecule has 1 aromatic rings. The van der Waals surface area contributed by atoms with Gasteiger partial charge in [0.25, 0.3) is 0 Å². The van der Waals surface area contributed by atoms with Crippen LogP contribution in [0.2, 0.25) is 0 Å². The Balaban J connectivity index is 2.62.